The van der Waals surface area contributed by atoms with Crippen molar-refractivity contribution in [1.82, 2.24) is 0 Å². The second kappa shape index (κ2) is 13.4. The van der Waals surface area contributed by atoms with E-state index in [1.165, 1.54) is 55.3 Å². The lowest BCUT2D eigenvalue weighted by atomic mass is 9.95. The first-order valence-corrected chi connectivity index (χ1v) is 18.4. The molecule has 2 heteroatoms. The second-order valence-electron chi connectivity index (χ2n) is 13.8. The molecule has 54 heavy (non-hydrogen) atoms. The number of fused-ring (bicyclic) bond motifs is 4. The topological polar surface area (TPSA) is 16.4 Å². The Labute approximate surface area is 314 Å². The molecule has 1 heterocycles. The van der Waals surface area contributed by atoms with Crippen LogP contribution in [0.3, 0.4) is 0 Å². The number of benzene rings is 9. The minimum absolute atomic E-state index is 0.871. The largest absolute Gasteiger partial charge is 0.456 e. The molecular formula is C52H35NO. The summed E-state index contributed by atoms with van der Waals surface area (Å²) < 4.78 is 6.36. The maximum Gasteiger partial charge on any atom is 0.137 e. The Morgan fingerprint density at radius 1 is 0.278 bits per heavy atom. The van der Waals surface area contributed by atoms with Crippen molar-refractivity contribution in [1.29, 1.82) is 0 Å². The molecule has 10 rings (SSSR count). The van der Waals surface area contributed by atoms with Crippen molar-refractivity contribution in [2.45, 2.75) is 0 Å². The van der Waals surface area contributed by atoms with Gasteiger partial charge in [-0.25, -0.2) is 0 Å². The Bertz CT molecular complexity index is 2900. The number of furan rings is 1. The highest BCUT2D eigenvalue weighted by atomic mass is 16.3. The van der Waals surface area contributed by atoms with Gasteiger partial charge in [0.15, 0.2) is 0 Å². The van der Waals surface area contributed by atoms with Crippen molar-refractivity contribution in [2.75, 3.05) is 4.90 Å². The van der Waals surface area contributed by atoms with Crippen molar-refractivity contribution in [2.24, 2.45) is 0 Å². The van der Waals surface area contributed by atoms with Crippen LogP contribution >= 0.6 is 0 Å². The van der Waals surface area contributed by atoms with Crippen LogP contribution in [-0.2, 0) is 0 Å². The first-order valence-electron chi connectivity index (χ1n) is 18.4. The van der Waals surface area contributed by atoms with Gasteiger partial charge < -0.3 is 9.32 Å². The summed E-state index contributed by atoms with van der Waals surface area (Å²) in [6, 6.07) is 75.9. The average molecular weight is 690 g/mol. The van der Waals surface area contributed by atoms with E-state index >= 15 is 0 Å². The third-order valence-electron chi connectivity index (χ3n) is 10.5. The molecule has 0 saturated heterocycles. The van der Waals surface area contributed by atoms with Crippen molar-refractivity contribution in [3.05, 3.63) is 212 Å². The predicted molar refractivity (Wildman–Crippen MR) is 228 cm³/mol. The summed E-state index contributed by atoms with van der Waals surface area (Å²) in [5.74, 6) is 0. The van der Waals surface area contributed by atoms with Crippen LogP contribution in [0.25, 0.3) is 77.2 Å². The summed E-state index contributed by atoms with van der Waals surface area (Å²) in [7, 11) is 0. The molecule has 0 unspecified atom stereocenters. The van der Waals surface area contributed by atoms with Crippen molar-refractivity contribution < 1.29 is 4.42 Å². The van der Waals surface area contributed by atoms with Crippen LogP contribution in [0.4, 0.5) is 17.1 Å². The lowest BCUT2D eigenvalue weighted by Crippen LogP contribution is -2.09. The summed E-state index contributed by atoms with van der Waals surface area (Å²) in [5.41, 5.74) is 14.5. The van der Waals surface area contributed by atoms with Gasteiger partial charge in [-0.05, 0) is 104 Å². The molecule has 9 aromatic carbocycles. The van der Waals surface area contributed by atoms with E-state index in [1.807, 2.05) is 12.1 Å². The second-order valence-corrected chi connectivity index (χ2v) is 13.8. The number of para-hydroxylation sites is 1. The van der Waals surface area contributed by atoms with Crippen LogP contribution in [0.1, 0.15) is 0 Å². The fourth-order valence-corrected chi connectivity index (χ4v) is 7.74. The summed E-state index contributed by atoms with van der Waals surface area (Å²) in [6.45, 7) is 0. The van der Waals surface area contributed by atoms with E-state index in [-0.39, 0.29) is 0 Å². The first-order chi connectivity index (χ1) is 26.7. The number of hydrogen-bond donors (Lipinski definition) is 0. The lowest BCUT2D eigenvalue weighted by molar-refractivity contribution is 0.669. The normalized spacial score (nSPS) is 11.3. The molecule has 0 radical (unpaired) electrons. The van der Waals surface area contributed by atoms with Crippen LogP contribution in [0.5, 0.6) is 0 Å². The third kappa shape index (κ3) is 5.81. The molecule has 0 amide bonds. The zero-order valence-corrected chi connectivity index (χ0v) is 29.6. The highest BCUT2D eigenvalue weighted by molar-refractivity contribution is 6.06. The highest BCUT2D eigenvalue weighted by Crippen LogP contribution is 2.40. The van der Waals surface area contributed by atoms with E-state index in [9.17, 15) is 0 Å². The van der Waals surface area contributed by atoms with E-state index < -0.39 is 0 Å². The Hall–Kier alpha value is -7.16. The fourth-order valence-electron chi connectivity index (χ4n) is 7.74. The summed E-state index contributed by atoms with van der Waals surface area (Å²) >= 11 is 0. The Balaban J connectivity index is 1.01. The van der Waals surface area contributed by atoms with Crippen molar-refractivity contribution >= 4 is 49.8 Å². The molecule has 0 aliphatic heterocycles. The van der Waals surface area contributed by atoms with Gasteiger partial charge in [0.2, 0.25) is 0 Å². The molecule has 10 aromatic rings. The Morgan fingerprint density at radius 3 is 1.48 bits per heavy atom. The monoisotopic (exact) mass is 689 g/mol. The van der Waals surface area contributed by atoms with E-state index in [0.717, 1.165) is 39.0 Å². The van der Waals surface area contributed by atoms with Gasteiger partial charge in [-0.1, -0.05) is 158 Å². The van der Waals surface area contributed by atoms with Crippen LogP contribution < -0.4 is 4.90 Å². The number of rotatable bonds is 7. The summed E-state index contributed by atoms with van der Waals surface area (Å²) in [5, 5.41) is 4.76. The van der Waals surface area contributed by atoms with Crippen molar-refractivity contribution in [3.63, 3.8) is 0 Å². The van der Waals surface area contributed by atoms with Crippen molar-refractivity contribution in [3.8, 4) is 44.5 Å². The van der Waals surface area contributed by atoms with Gasteiger partial charge in [0.05, 0.1) is 0 Å². The predicted octanol–water partition coefficient (Wildman–Crippen LogP) is 14.9. The van der Waals surface area contributed by atoms with E-state index in [1.54, 1.807) is 0 Å². The summed E-state index contributed by atoms with van der Waals surface area (Å²) in [6.07, 6.45) is 0. The molecule has 0 aliphatic rings. The molecule has 0 atom stereocenters. The van der Waals surface area contributed by atoms with Gasteiger partial charge in [0.25, 0.3) is 0 Å². The van der Waals surface area contributed by atoms with E-state index in [0.29, 0.717) is 0 Å². The molecule has 0 N–H and O–H groups in total. The minimum Gasteiger partial charge on any atom is -0.456 e. The molecule has 1 aromatic heterocycles. The SMILES string of the molecule is c1ccc(-c2ccc(-c3ccc(N(c4ccc(-c5cccc(-c6cccc7ccccc67)c5)cc4)c4ccc5c(c4)oc4ccccc45)cc3)cc2)cc1. The zero-order chi connectivity index (χ0) is 35.8. The third-order valence-corrected chi connectivity index (χ3v) is 10.5. The quantitative estimate of drug-likeness (QED) is 0.166. The standard InChI is InChI=1S/C52H35NO/c1-2-10-36(11-3-1)37-20-22-38(23-21-37)39-24-28-44(29-25-39)53(46-32-33-50-49-17-6-7-19-51(49)54-52(50)35-46)45-30-26-40(27-31-45)42-14-8-15-43(34-42)48-18-9-13-41-12-4-5-16-47(41)48/h1-35H. The molecular weight excluding hydrogens is 655 g/mol. The van der Waals surface area contributed by atoms with Gasteiger partial charge in [0.1, 0.15) is 11.2 Å². The van der Waals surface area contributed by atoms with Crippen LogP contribution in [0, 0.1) is 0 Å². The van der Waals surface area contributed by atoms with Gasteiger partial charge >= 0.3 is 0 Å². The molecule has 0 saturated carbocycles. The number of anilines is 3. The molecule has 0 fully saturated rings. The Kier molecular flexibility index (Phi) is 7.85. The molecule has 0 aliphatic carbocycles. The molecule has 0 bridgehead atoms. The summed E-state index contributed by atoms with van der Waals surface area (Å²) in [4.78, 5) is 2.31. The van der Waals surface area contributed by atoms with Crippen LogP contribution in [0.15, 0.2) is 217 Å². The van der Waals surface area contributed by atoms with Crippen LogP contribution in [0.2, 0.25) is 0 Å². The highest BCUT2D eigenvalue weighted by Gasteiger charge is 2.16. The minimum atomic E-state index is 0.871. The maximum atomic E-state index is 6.36. The van der Waals surface area contributed by atoms with Gasteiger partial charge in [-0.2, -0.15) is 0 Å². The smallest absolute Gasteiger partial charge is 0.137 e. The van der Waals surface area contributed by atoms with Crippen LogP contribution in [-0.4, -0.2) is 0 Å². The molecule has 2 nitrogen and oxygen atoms in total. The van der Waals surface area contributed by atoms with Gasteiger partial charge in [-0.15, -0.1) is 0 Å². The Morgan fingerprint density at radius 2 is 0.759 bits per heavy atom. The van der Waals surface area contributed by atoms with E-state index in [2.05, 4.69) is 205 Å². The number of nitrogens with zero attached hydrogens (tertiary/aromatic N) is 1. The molecule has 0 spiro atoms. The molecule has 254 valence electrons. The van der Waals surface area contributed by atoms with Gasteiger partial charge in [0, 0.05) is 33.9 Å². The average Bonchev–Trinajstić information content (AvgIpc) is 3.62. The van der Waals surface area contributed by atoms with E-state index in [4.69, 9.17) is 4.42 Å². The van der Waals surface area contributed by atoms with Gasteiger partial charge in [-0.3, -0.25) is 0 Å². The maximum absolute atomic E-state index is 6.36. The fraction of sp³-hybridized carbons (Fsp3) is 0. The lowest BCUT2D eigenvalue weighted by Gasteiger charge is -2.26. The number of hydrogen-bond acceptors (Lipinski definition) is 2. The zero-order valence-electron chi connectivity index (χ0n) is 29.6. The first kappa shape index (κ1) is 31.6.